The lowest BCUT2D eigenvalue weighted by molar-refractivity contribution is 0.102. The zero-order valence-corrected chi connectivity index (χ0v) is 18.0. The van der Waals surface area contributed by atoms with E-state index in [1.54, 1.807) is 29.1 Å². The van der Waals surface area contributed by atoms with Gasteiger partial charge in [-0.05, 0) is 62.3 Å². The molecular weight excluding hydrogens is 414 g/mol. The van der Waals surface area contributed by atoms with Gasteiger partial charge in [-0.25, -0.2) is 8.78 Å². The highest BCUT2D eigenvalue weighted by Crippen LogP contribution is 2.32. The van der Waals surface area contributed by atoms with Crippen LogP contribution in [-0.4, -0.2) is 46.8 Å². The zero-order valence-electron chi connectivity index (χ0n) is 18.0. The molecule has 0 atom stereocenters. The number of rotatable bonds is 7. The van der Waals surface area contributed by atoms with E-state index in [0.717, 1.165) is 43.0 Å². The van der Waals surface area contributed by atoms with Crippen LogP contribution in [-0.2, 0) is 7.05 Å². The first-order chi connectivity index (χ1) is 15.5. The Morgan fingerprint density at radius 3 is 2.62 bits per heavy atom. The molecule has 1 aliphatic heterocycles. The van der Waals surface area contributed by atoms with E-state index in [9.17, 15) is 13.6 Å². The average molecular weight is 440 g/mol. The summed E-state index contributed by atoms with van der Waals surface area (Å²) in [4.78, 5) is 14.9. The fourth-order valence-electron chi connectivity index (χ4n) is 3.91. The number of likely N-dealkylation sites (tertiary alicyclic amines) is 1. The Labute approximate surface area is 185 Å². The summed E-state index contributed by atoms with van der Waals surface area (Å²) in [5.74, 6) is -1.62. The van der Waals surface area contributed by atoms with Gasteiger partial charge in [0.05, 0.1) is 11.3 Å². The molecule has 8 heteroatoms. The lowest BCUT2D eigenvalue weighted by atomic mass is 10.1. The minimum Gasteiger partial charge on any atom is -0.492 e. The van der Waals surface area contributed by atoms with Crippen LogP contribution >= 0.6 is 0 Å². The fraction of sp³-hybridized carbons (Fsp3) is 0.333. The van der Waals surface area contributed by atoms with Gasteiger partial charge in [0.15, 0.2) is 0 Å². The van der Waals surface area contributed by atoms with Crippen LogP contribution in [0.15, 0.2) is 48.7 Å². The van der Waals surface area contributed by atoms with Gasteiger partial charge in [-0.3, -0.25) is 14.4 Å². The number of aryl methyl sites for hydroxylation is 1. The molecule has 1 aliphatic rings. The van der Waals surface area contributed by atoms with E-state index in [4.69, 9.17) is 4.74 Å². The highest BCUT2D eigenvalue weighted by Gasteiger charge is 2.16. The van der Waals surface area contributed by atoms with E-state index in [-0.39, 0.29) is 5.56 Å². The van der Waals surface area contributed by atoms with Crippen molar-refractivity contribution >= 4 is 11.6 Å². The molecule has 2 aromatic carbocycles. The third-order valence-corrected chi connectivity index (χ3v) is 5.62. The van der Waals surface area contributed by atoms with Gasteiger partial charge < -0.3 is 10.1 Å². The van der Waals surface area contributed by atoms with Gasteiger partial charge in [-0.1, -0.05) is 6.42 Å². The SMILES string of the molecule is Cn1nccc1-c1cc(NC(=O)c2ccc(F)cc2F)ccc1OCCN1CCCCC1. The van der Waals surface area contributed by atoms with Crippen molar-refractivity contribution in [2.75, 3.05) is 31.6 Å². The topological polar surface area (TPSA) is 59.4 Å². The van der Waals surface area contributed by atoms with Crippen molar-refractivity contribution in [1.82, 2.24) is 14.7 Å². The summed E-state index contributed by atoms with van der Waals surface area (Å²) in [7, 11) is 1.83. The Morgan fingerprint density at radius 2 is 1.91 bits per heavy atom. The zero-order chi connectivity index (χ0) is 22.5. The third-order valence-electron chi connectivity index (χ3n) is 5.62. The van der Waals surface area contributed by atoms with Gasteiger partial charge in [-0.15, -0.1) is 0 Å². The molecule has 1 aromatic heterocycles. The van der Waals surface area contributed by atoms with Crippen molar-refractivity contribution < 1.29 is 18.3 Å². The van der Waals surface area contributed by atoms with Crippen LogP contribution < -0.4 is 10.1 Å². The Hall–Kier alpha value is -3.26. The number of ether oxygens (including phenoxy) is 1. The number of nitrogens with zero attached hydrogens (tertiary/aromatic N) is 3. The van der Waals surface area contributed by atoms with E-state index in [2.05, 4.69) is 15.3 Å². The van der Waals surface area contributed by atoms with Gasteiger partial charge in [0.1, 0.15) is 24.0 Å². The minimum atomic E-state index is -0.910. The molecule has 0 spiro atoms. The first-order valence-electron chi connectivity index (χ1n) is 10.8. The van der Waals surface area contributed by atoms with Crippen molar-refractivity contribution in [2.24, 2.45) is 7.05 Å². The van der Waals surface area contributed by atoms with E-state index in [1.165, 1.54) is 19.3 Å². The van der Waals surface area contributed by atoms with Gasteiger partial charge in [-0.2, -0.15) is 5.10 Å². The molecule has 1 saturated heterocycles. The number of carbonyl (C=O) groups excluding carboxylic acids is 1. The molecule has 2 heterocycles. The quantitative estimate of drug-likeness (QED) is 0.589. The second kappa shape index (κ2) is 9.91. The molecule has 6 nitrogen and oxygen atoms in total. The normalized spacial score (nSPS) is 14.3. The largest absolute Gasteiger partial charge is 0.492 e. The van der Waals surface area contributed by atoms with E-state index in [1.807, 2.05) is 13.1 Å². The molecule has 1 fully saturated rings. The van der Waals surface area contributed by atoms with Crippen LogP contribution in [0.25, 0.3) is 11.3 Å². The van der Waals surface area contributed by atoms with Gasteiger partial charge in [0, 0.05) is 37.1 Å². The van der Waals surface area contributed by atoms with Crippen molar-refractivity contribution in [1.29, 1.82) is 0 Å². The Bertz CT molecular complexity index is 1090. The first-order valence-corrected chi connectivity index (χ1v) is 10.8. The van der Waals surface area contributed by atoms with Gasteiger partial charge in [0.2, 0.25) is 0 Å². The van der Waals surface area contributed by atoms with Gasteiger partial charge in [0.25, 0.3) is 5.91 Å². The van der Waals surface area contributed by atoms with E-state index >= 15 is 0 Å². The number of piperidine rings is 1. The summed E-state index contributed by atoms with van der Waals surface area (Å²) in [5.41, 5.74) is 1.83. The van der Waals surface area contributed by atoms with Crippen LogP contribution in [0.1, 0.15) is 29.6 Å². The van der Waals surface area contributed by atoms with Crippen LogP contribution in [0.5, 0.6) is 5.75 Å². The lowest BCUT2D eigenvalue weighted by Gasteiger charge is -2.26. The van der Waals surface area contributed by atoms with Crippen LogP contribution in [0, 0.1) is 11.6 Å². The Kier molecular flexibility index (Phi) is 6.80. The summed E-state index contributed by atoms with van der Waals surface area (Å²) in [6, 6.07) is 9.99. The van der Waals surface area contributed by atoms with Crippen molar-refractivity contribution in [3.05, 3.63) is 65.9 Å². The van der Waals surface area contributed by atoms with E-state index in [0.29, 0.717) is 24.1 Å². The molecule has 32 heavy (non-hydrogen) atoms. The highest BCUT2D eigenvalue weighted by atomic mass is 19.1. The monoisotopic (exact) mass is 440 g/mol. The fourth-order valence-corrected chi connectivity index (χ4v) is 3.91. The minimum absolute atomic E-state index is 0.227. The number of aromatic nitrogens is 2. The number of anilines is 1. The van der Waals surface area contributed by atoms with Crippen LogP contribution in [0.2, 0.25) is 0 Å². The van der Waals surface area contributed by atoms with Crippen LogP contribution in [0.3, 0.4) is 0 Å². The number of hydrogen-bond acceptors (Lipinski definition) is 4. The predicted octanol–water partition coefficient (Wildman–Crippen LogP) is 4.48. The molecule has 3 aromatic rings. The summed E-state index contributed by atoms with van der Waals surface area (Å²) >= 11 is 0. The lowest BCUT2D eigenvalue weighted by Crippen LogP contribution is -2.33. The molecule has 1 N–H and O–H groups in total. The maximum Gasteiger partial charge on any atom is 0.258 e. The molecule has 168 valence electrons. The number of halogens is 2. The highest BCUT2D eigenvalue weighted by molar-refractivity contribution is 6.04. The molecule has 0 aliphatic carbocycles. The summed E-state index contributed by atoms with van der Waals surface area (Å²) < 4.78 is 35.0. The molecule has 0 unspecified atom stereocenters. The molecular formula is C24H26F2N4O2. The standard InChI is InChI=1S/C24H26F2N4O2/c1-29-22(9-10-27-29)20-16-18(28-24(31)19-7-5-17(25)15-21(19)26)6-8-23(20)32-14-13-30-11-3-2-4-12-30/h5-10,15-16H,2-4,11-14H2,1H3,(H,28,31). The number of amides is 1. The van der Waals surface area contributed by atoms with Crippen molar-refractivity contribution in [2.45, 2.75) is 19.3 Å². The summed E-state index contributed by atoms with van der Waals surface area (Å²) in [5, 5.41) is 6.91. The van der Waals surface area contributed by atoms with Crippen LogP contribution in [0.4, 0.5) is 14.5 Å². The second-order valence-corrected chi connectivity index (χ2v) is 7.88. The average Bonchev–Trinajstić information content (AvgIpc) is 3.21. The van der Waals surface area contributed by atoms with Crippen molar-refractivity contribution in [3.8, 4) is 17.0 Å². The van der Waals surface area contributed by atoms with Crippen molar-refractivity contribution in [3.63, 3.8) is 0 Å². The summed E-state index contributed by atoms with van der Waals surface area (Å²) in [6.45, 7) is 3.61. The molecule has 0 bridgehead atoms. The number of hydrogen-bond donors (Lipinski definition) is 1. The van der Waals surface area contributed by atoms with Gasteiger partial charge >= 0.3 is 0 Å². The third kappa shape index (κ3) is 5.13. The first kappa shape index (κ1) is 22.0. The number of benzene rings is 2. The molecule has 4 rings (SSSR count). The maximum absolute atomic E-state index is 14.0. The molecule has 1 amide bonds. The predicted molar refractivity (Wildman–Crippen MR) is 119 cm³/mol. The van der Waals surface area contributed by atoms with E-state index < -0.39 is 17.5 Å². The Morgan fingerprint density at radius 1 is 1.09 bits per heavy atom. The Balaban J connectivity index is 1.52. The number of carbonyl (C=O) groups is 1. The maximum atomic E-state index is 14.0. The number of nitrogens with one attached hydrogen (secondary N) is 1. The smallest absolute Gasteiger partial charge is 0.258 e. The molecule has 0 saturated carbocycles. The molecule has 0 radical (unpaired) electrons. The second-order valence-electron chi connectivity index (χ2n) is 7.88. The summed E-state index contributed by atoms with van der Waals surface area (Å²) in [6.07, 6.45) is 5.43.